The maximum Gasteiger partial charge on any atom is 0.338 e. The van der Waals surface area contributed by atoms with Crippen LogP contribution in [0, 0.1) is 0 Å². The number of aromatic nitrogens is 6. The second-order valence-corrected chi connectivity index (χ2v) is 17.2. The van der Waals surface area contributed by atoms with Gasteiger partial charge >= 0.3 is 5.97 Å². The summed E-state index contributed by atoms with van der Waals surface area (Å²) in [5, 5.41) is 22.0. The molecular weight excluding hydrogens is 841 g/mol. The molecule has 0 bridgehead atoms. The molecular formula is C42H26N8O10S2. The van der Waals surface area contributed by atoms with Crippen LogP contribution in [0.2, 0.25) is 0 Å². The van der Waals surface area contributed by atoms with E-state index in [0.29, 0.717) is 38.7 Å². The Bertz CT molecular complexity index is 3960. The molecule has 0 saturated carbocycles. The molecule has 0 unspecified atom stereocenters. The zero-order chi connectivity index (χ0) is 42.8. The smallest absolute Gasteiger partial charge is 0.338 e. The molecule has 0 radical (unpaired) electrons. The van der Waals surface area contributed by atoms with Crippen LogP contribution in [0.1, 0.15) is 21.5 Å². The normalized spacial score (nSPS) is 13.0. The Balaban J connectivity index is 0.861. The molecule has 0 aliphatic heterocycles. The van der Waals surface area contributed by atoms with Crippen molar-refractivity contribution in [3.05, 3.63) is 138 Å². The number of carbonyl (C=O) groups excluding carboxylic acids is 1. The Morgan fingerprint density at radius 3 is 2.05 bits per heavy atom. The summed E-state index contributed by atoms with van der Waals surface area (Å²) in [5.41, 5.74) is 5.06. The van der Waals surface area contributed by atoms with Crippen LogP contribution < -0.4 is 4.74 Å². The summed E-state index contributed by atoms with van der Waals surface area (Å²) in [6, 6.07) is 33.5. The van der Waals surface area contributed by atoms with E-state index < -0.39 is 26.2 Å². The molecule has 0 spiro atoms. The number of ether oxygens (including phenoxy) is 1. The van der Waals surface area contributed by atoms with E-state index in [4.69, 9.17) is 4.74 Å². The first-order valence-electron chi connectivity index (χ1n) is 18.5. The highest BCUT2D eigenvalue weighted by Gasteiger charge is 2.31. The minimum Gasteiger partial charge on any atom is -0.478 e. The third kappa shape index (κ3) is 5.69. The summed E-state index contributed by atoms with van der Waals surface area (Å²) < 4.78 is 80.5. The summed E-state index contributed by atoms with van der Waals surface area (Å²) in [5.74, 6) is -1.38. The van der Waals surface area contributed by atoms with Crippen molar-refractivity contribution >= 4 is 99.8 Å². The van der Waals surface area contributed by atoms with Crippen LogP contribution in [-0.4, -0.2) is 71.6 Å². The molecule has 0 amide bonds. The SMILES string of the molecule is O=COc1cc(-n2n3c4ccc5cc(S(=O)(=O)O)ccc5c4n23)c(C(=O)O)cc1N=Nc1ccc(C=Cc2ccc(-n3n4c5ccc6ccccc6c5n34)cc2S(=O)(=O)O)cc1. The molecule has 3 N–H and O–H groups in total. The van der Waals surface area contributed by atoms with E-state index in [1.807, 2.05) is 50.5 Å². The molecule has 7 aromatic carbocycles. The third-order valence-corrected chi connectivity index (χ3v) is 12.6. The van der Waals surface area contributed by atoms with Crippen LogP contribution in [0.4, 0.5) is 11.4 Å². The second-order valence-electron chi connectivity index (χ2n) is 14.4. The molecule has 306 valence electrons. The highest BCUT2D eigenvalue weighted by Crippen LogP contribution is 2.39. The first-order valence-corrected chi connectivity index (χ1v) is 21.4. The number of benzene rings is 7. The van der Waals surface area contributed by atoms with E-state index in [-0.39, 0.29) is 44.5 Å². The van der Waals surface area contributed by atoms with Gasteiger partial charge in [-0.15, -0.1) is 28.4 Å². The largest absolute Gasteiger partial charge is 0.478 e. The van der Waals surface area contributed by atoms with E-state index >= 15 is 0 Å². The van der Waals surface area contributed by atoms with Gasteiger partial charge in [0.2, 0.25) is 0 Å². The van der Waals surface area contributed by atoms with E-state index in [2.05, 4.69) is 10.2 Å². The maximum atomic E-state index is 12.6. The van der Waals surface area contributed by atoms with Gasteiger partial charge in [0, 0.05) is 16.8 Å². The lowest BCUT2D eigenvalue weighted by Gasteiger charge is -2.07. The number of carbonyl (C=O) groups is 2. The minimum absolute atomic E-state index is 0.0512. The Morgan fingerprint density at radius 2 is 1.34 bits per heavy atom. The lowest BCUT2D eigenvalue weighted by Crippen LogP contribution is -2.04. The van der Waals surface area contributed by atoms with Crippen molar-refractivity contribution in [1.82, 2.24) is 28.1 Å². The van der Waals surface area contributed by atoms with Gasteiger partial charge in [0.25, 0.3) is 26.7 Å². The molecule has 11 aromatic rings. The van der Waals surface area contributed by atoms with Crippen LogP contribution in [0.5, 0.6) is 5.75 Å². The summed E-state index contributed by atoms with van der Waals surface area (Å²) >= 11 is 0. The Labute approximate surface area is 347 Å². The highest BCUT2D eigenvalue weighted by molar-refractivity contribution is 7.86. The van der Waals surface area contributed by atoms with Crippen molar-refractivity contribution in [3.63, 3.8) is 0 Å². The first kappa shape index (κ1) is 37.0. The molecule has 18 nitrogen and oxygen atoms in total. The molecule has 62 heavy (non-hydrogen) atoms. The standard InChI is InChI=1S/C42H26N8O10S2/c51-23-60-38-22-37(48-47-36-18-11-27-19-30(61(54,55)56)15-16-32(27)41(36)50(47)48)33(42(52)53)21-34(38)44-43-28-12-6-24(7-13-28)5-8-26-9-14-29(20-39(26)62(57,58)59)45-46-35-17-10-25-3-1-2-4-31(25)40(35)49(45)46/h1-23H,(H,52,53)(H,54,55,56)(H,57,58,59). The van der Waals surface area contributed by atoms with Gasteiger partial charge in [-0.2, -0.15) is 26.7 Å². The lowest BCUT2D eigenvalue weighted by atomic mass is 10.1. The number of hydrogen-bond donors (Lipinski definition) is 3. The number of azo groups is 1. The Morgan fingerprint density at radius 1 is 0.645 bits per heavy atom. The van der Waals surface area contributed by atoms with Crippen molar-refractivity contribution in [1.29, 1.82) is 0 Å². The van der Waals surface area contributed by atoms with E-state index in [1.54, 1.807) is 76.0 Å². The number of fused-ring (bicyclic) bond motifs is 12. The molecule has 11 rings (SSSR count). The predicted octanol–water partition coefficient (Wildman–Crippen LogP) is 7.77. The monoisotopic (exact) mass is 866 g/mol. The van der Waals surface area contributed by atoms with Gasteiger partial charge in [-0.25, -0.2) is 4.79 Å². The lowest BCUT2D eigenvalue weighted by molar-refractivity contribution is -0.120. The molecule has 0 aliphatic carbocycles. The van der Waals surface area contributed by atoms with E-state index in [1.165, 1.54) is 35.1 Å². The number of carboxylic acid groups (broad SMARTS) is 1. The van der Waals surface area contributed by atoms with Gasteiger partial charge in [-0.1, -0.05) is 72.8 Å². The second kappa shape index (κ2) is 13.0. The average molecular weight is 867 g/mol. The van der Waals surface area contributed by atoms with Gasteiger partial charge in [0.15, 0.2) is 5.75 Å². The Kier molecular flexibility index (Phi) is 7.74. The molecule has 0 fully saturated rings. The van der Waals surface area contributed by atoms with Crippen LogP contribution in [0.3, 0.4) is 0 Å². The predicted molar refractivity (Wildman–Crippen MR) is 226 cm³/mol. The van der Waals surface area contributed by atoms with E-state index in [0.717, 1.165) is 21.8 Å². The number of hydrogen-bond acceptors (Lipinski definition) is 9. The summed E-state index contributed by atoms with van der Waals surface area (Å²) in [6.45, 7) is 0.178. The number of rotatable bonds is 11. The topological polar surface area (TPSA) is 225 Å². The molecule has 0 saturated heterocycles. The van der Waals surface area contributed by atoms with Crippen molar-refractivity contribution in [2.75, 3.05) is 0 Å². The summed E-state index contributed by atoms with van der Waals surface area (Å²) in [4.78, 5) is 26.9. The zero-order valence-electron chi connectivity index (χ0n) is 31.4. The minimum atomic E-state index is -4.61. The number of aromatic carboxylic acids is 1. The average Bonchev–Trinajstić information content (AvgIpc) is 4.11. The van der Waals surface area contributed by atoms with Crippen LogP contribution in [0.15, 0.2) is 141 Å². The highest BCUT2D eigenvalue weighted by atomic mass is 32.2. The number of nitrogens with zero attached hydrogens (tertiary/aromatic N) is 8. The third-order valence-electron chi connectivity index (χ3n) is 10.8. The van der Waals surface area contributed by atoms with E-state index in [9.17, 15) is 40.6 Å². The zero-order valence-corrected chi connectivity index (χ0v) is 33.0. The fourth-order valence-corrected chi connectivity index (χ4v) is 9.10. The fraction of sp³-hybridized carbons (Fsp3) is 0. The molecule has 4 aromatic heterocycles. The van der Waals surface area contributed by atoms with Crippen molar-refractivity contribution < 1.29 is 45.4 Å². The maximum absolute atomic E-state index is 12.6. The Hall–Kier alpha value is -8.04. The van der Waals surface area contributed by atoms with Crippen molar-refractivity contribution in [2.24, 2.45) is 10.2 Å². The molecule has 0 atom stereocenters. The molecule has 0 aliphatic rings. The molecule has 20 heteroatoms. The fourth-order valence-electron chi connectivity index (χ4n) is 7.88. The first-order chi connectivity index (χ1) is 29.8. The van der Waals surface area contributed by atoms with Gasteiger partial charge in [-0.3, -0.25) is 13.9 Å². The van der Waals surface area contributed by atoms with Crippen LogP contribution >= 0.6 is 0 Å². The summed E-state index contributed by atoms with van der Waals surface area (Å²) in [7, 11) is -9.04. The quantitative estimate of drug-likeness (QED) is 0.0495. The van der Waals surface area contributed by atoms with Crippen LogP contribution in [-0.2, 0) is 25.0 Å². The van der Waals surface area contributed by atoms with Gasteiger partial charge in [0.1, 0.15) is 38.3 Å². The van der Waals surface area contributed by atoms with Gasteiger partial charge in [-0.05, 0) is 76.5 Å². The number of carboxylic acids is 1. The van der Waals surface area contributed by atoms with Gasteiger partial charge < -0.3 is 9.84 Å². The van der Waals surface area contributed by atoms with Crippen LogP contribution in [0.25, 0.3) is 67.1 Å². The van der Waals surface area contributed by atoms with Crippen molar-refractivity contribution in [3.8, 4) is 17.1 Å². The summed E-state index contributed by atoms with van der Waals surface area (Å²) in [6.07, 6.45) is 3.23. The van der Waals surface area contributed by atoms with Crippen molar-refractivity contribution in [2.45, 2.75) is 9.79 Å². The van der Waals surface area contributed by atoms with Gasteiger partial charge in [0.05, 0.1) is 21.8 Å². The molecule has 4 heterocycles.